The largest absolute Gasteiger partial charge is 0.493 e. The third-order valence-electron chi connectivity index (χ3n) is 4.95. The Labute approximate surface area is 196 Å². The molecule has 0 radical (unpaired) electrons. The average Bonchev–Trinajstić information content (AvgIpc) is 2.79. The second-order valence-corrected chi connectivity index (χ2v) is 7.75. The first-order valence-electron chi connectivity index (χ1n) is 10.4. The minimum Gasteiger partial charge on any atom is -0.493 e. The molecule has 2 aromatic carbocycles. The summed E-state index contributed by atoms with van der Waals surface area (Å²) in [5.41, 5.74) is 7.98. The van der Waals surface area contributed by atoms with E-state index in [1.807, 2.05) is 13.8 Å². The zero-order valence-corrected chi connectivity index (χ0v) is 19.4. The van der Waals surface area contributed by atoms with E-state index in [1.165, 1.54) is 31.8 Å². The Hall–Kier alpha value is -4.12. The lowest BCUT2D eigenvalue weighted by Crippen LogP contribution is -2.35. The van der Waals surface area contributed by atoms with Crippen LogP contribution in [0.2, 0.25) is 0 Å². The number of nitrogens with one attached hydrogen (secondary N) is 2. The van der Waals surface area contributed by atoms with Gasteiger partial charge in [-0.2, -0.15) is 0 Å². The van der Waals surface area contributed by atoms with Crippen molar-refractivity contribution in [2.75, 3.05) is 31.4 Å². The van der Waals surface area contributed by atoms with Crippen LogP contribution in [0.15, 0.2) is 48.6 Å². The van der Waals surface area contributed by atoms with Gasteiger partial charge < -0.3 is 30.8 Å². The van der Waals surface area contributed by atoms with Crippen LogP contribution in [0.1, 0.15) is 13.8 Å². The van der Waals surface area contributed by atoms with Crippen LogP contribution in [-0.4, -0.2) is 41.6 Å². The topological polar surface area (TPSA) is 141 Å². The molecular formula is C23H28FN7O3. The zero-order valence-electron chi connectivity index (χ0n) is 19.4. The van der Waals surface area contributed by atoms with Crippen LogP contribution in [-0.2, 0) is 4.79 Å². The molecule has 3 rings (SSSR count). The third kappa shape index (κ3) is 5.62. The van der Waals surface area contributed by atoms with Crippen molar-refractivity contribution in [2.45, 2.75) is 13.8 Å². The highest BCUT2D eigenvalue weighted by Crippen LogP contribution is 2.38. The van der Waals surface area contributed by atoms with Crippen molar-refractivity contribution in [3.63, 3.8) is 0 Å². The summed E-state index contributed by atoms with van der Waals surface area (Å²) in [6.45, 7) is 3.80. The number of fused-ring (bicyclic) bond motifs is 1. The number of carbonyl (C=O) groups is 1. The number of methoxy groups -OCH3 is 2. The normalized spacial score (nSPS) is 11.4. The van der Waals surface area contributed by atoms with Crippen molar-refractivity contribution < 1.29 is 18.7 Å². The highest BCUT2D eigenvalue weighted by molar-refractivity contribution is 5.94. The average molecular weight is 470 g/mol. The molecule has 0 aliphatic rings. The molecule has 180 valence electrons. The summed E-state index contributed by atoms with van der Waals surface area (Å²) in [6, 6.07) is 8.41. The Balaban J connectivity index is 1.74. The summed E-state index contributed by atoms with van der Waals surface area (Å²) < 4.78 is 25.4. The molecular weight excluding hydrogens is 441 g/mol. The van der Waals surface area contributed by atoms with E-state index in [0.29, 0.717) is 22.6 Å². The Morgan fingerprint density at radius 2 is 1.85 bits per heavy atom. The molecule has 1 aromatic heterocycles. The van der Waals surface area contributed by atoms with Crippen molar-refractivity contribution >= 4 is 34.0 Å². The minimum absolute atomic E-state index is 0.0372. The number of amides is 1. The van der Waals surface area contributed by atoms with Gasteiger partial charge in [0.25, 0.3) is 0 Å². The molecule has 1 heterocycles. The molecule has 0 saturated heterocycles. The molecule has 34 heavy (non-hydrogen) atoms. The van der Waals surface area contributed by atoms with Gasteiger partial charge in [0.15, 0.2) is 17.3 Å². The van der Waals surface area contributed by atoms with Crippen LogP contribution >= 0.6 is 0 Å². The van der Waals surface area contributed by atoms with Gasteiger partial charge in [0.2, 0.25) is 5.91 Å². The van der Waals surface area contributed by atoms with E-state index in [9.17, 15) is 4.79 Å². The van der Waals surface area contributed by atoms with E-state index >= 15 is 4.39 Å². The van der Waals surface area contributed by atoms with E-state index in [4.69, 9.17) is 21.1 Å². The molecule has 0 unspecified atom stereocenters. The first-order chi connectivity index (χ1) is 16.2. The first-order valence-corrected chi connectivity index (χ1v) is 10.4. The monoisotopic (exact) mass is 469 g/mol. The molecule has 10 nitrogen and oxygen atoms in total. The maximum atomic E-state index is 15.1. The molecule has 0 atom stereocenters. The van der Waals surface area contributed by atoms with E-state index in [-0.39, 0.29) is 41.1 Å². The second kappa shape index (κ2) is 10.7. The Morgan fingerprint density at radius 1 is 1.18 bits per heavy atom. The SMILES string of the molecule is COc1cc2ncnc(Nc3ccc(NC(=O)CN(N)/C=C(\N)C(C)C)cc3)c2c(F)c1OC. The van der Waals surface area contributed by atoms with Gasteiger partial charge in [-0.1, -0.05) is 13.8 Å². The Morgan fingerprint density at radius 3 is 2.47 bits per heavy atom. The quantitative estimate of drug-likeness (QED) is 0.275. The number of hydrogen-bond donors (Lipinski definition) is 4. The van der Waals surface area contributed by atoms with Crippen molar-refractivity contribution in [1.29, 1.82) is 0 Å². The Bertz CT molecular complexity index is 1200. The maximum absolute atomic E-state index is 15.1. The molecule has 1 amide bonds. The molecule has 0 aliphatic heterocycles. The number of anilines is 3. The number of ether oxygens (including phenoxy) is 2. The number of halogens is 1. The lowest BCUT2D eigenvalue weighted by molar-refractivity contribution is -0.116. The van der Waals surface area contributed by atoms with Crippen LogP contribution in [0.5, 0.6) is 11.5 Å². The minimum atomic E-state index is -0.637. The molecule has 6 N–H and O–H groups in total. The van der Waals surface area contributed by atoms with Crippen molar-refractivity contribution in [3.8, 4) is 11.5 Å². The second-order valence-electron chi connectivity index (χ2n) is 7.75. The fraction of sp³-hybridized carbons (Fsp3) is 0.261. The van der Waals surface area contributed by atoms with Crippen LogP contribution in [0.4, 0.5) is 21.6 Å². The van der Waals surface area contributed by atoms with E-state index in [1.54, 1.807) is 30.3 Å². The fourth-order valence-electron chi connectivity index (χ4n) is 3.10. The molecule has 0 spiro atoms. The van der Waals surface area contributed by atoms with Gasteiger partial charge in [0.1, 0.15) is 18.7 Å². The molecule has 3 aromatic rings. The molecule has 0 fully saturated rings. The lowest BCUT2D eigenvalue weighted by Gasteiger charge is -2.16. The molecule has 11 heteroatoms. The zero-order chi connectivity index (χ0) is 24.8. The summed E-state index contributed by atoms with van der Waals surface area (Å²) in [6.07, 6.45) is 2.86. The Kier molecular flexibility index (Phi) is 7.69. The number of nitrogens with two attached hydrogens (primary N) is 2. The summed E-state index contributed by atoms with van der Waals surface area (Å²) in [7, 11) is 2.78. The molecule has 0 bridgehead atoms. The molecule has 0 saturated carbocycles. The van der Waals surface area contributed by atoms with E-state index in [0.717, 1.165) is 0 Å². The van der Waals surface area contributed by atoms with Crippen LogP contribution in [0, 0.1) is 11.7 Å². The third-order valence-corrected chi connectivity index (χ3v) is 4.95. The predicted molar refractivity (Wildman–Crippen MR) is 129 cm³/mol. The van der Waals surface area contributed by atoms with Gasteiger partial charge >= 0.3 is 0 Å². The van der Waals surface area contributed by atoms with Gasteiger partial charge in [-0.3, -0.25) is 4.79 Å². The summed E-state index contributed by atoms with van der Waals surface area (Å²) in [5, 5.41) is 7.23. The lowest BCUT2D eigenvalue weighted by atomic mass is 10.1. The standard InChI is InChI=1S/C23H28FN7O3/c1-13(2)16(25)10-31(26)11-19(32)29-14-5-7-15(8-6-14)30-23-20-17(27-12-28-23)9-18(33-3)22(34-4)21(20)24/h5-10,12-13H,11,25-26H2,1-4H3,(H,29,32)(H,27,28,30)/b16-10-. The first kappa shape index (κ1) is 24.5. The summed E-state index contributed by atoms with van der Waals surface area (Å²) >= 11 is 0. The number of nitrogens with zero attached hydrogens (tertiary/aromatic N) is 3. The predicted octanol–water partition coefficient (Wildman–Crippen LogP) is 3.10. The highest BCUT2D eigenvalue weighted by atomic mass is 19.1. The van der Waals surface area contributed by atoms with Crippen LogP contribution in [0.3, 0.4) is 0 Å². The molecule has 0 aliphatic carbocycles. The fourth-order valence-corrected chi connectivity index (χ4v) is 3.10. The number of hydrogen-bond acceptors (Lipinski definition) is 9. The van der Waals surface area contributed by atoms with Gasteiger partial charge in [0.05, 0.1) is 25.1 Å². The van der Waals surface area contributed by atoms with Crippen LogP contribution in [0.25, 0.3) is 10.9 Å². The smallest absolute Gasteiger partial charge is 0.245 e. The van der Waals surface area contributed by atoms with Gasteiger partial charge in [0, 0.05) is 29.3 Å². The number of aromatic nitrogens is 2. The van der Waals surface area contributed by atoms with Crippen molar-refractivity contribution in [2.24, 2.45) is 17.5 Å². The number of carbonyl (C=O) groups excluding carboxylic acids is 1. The summed E-state index contributed by atoms with van der Waals surface area (Å²) in [5.74, 6) is 5.45. The number of allylic oxidation sites excluding steroid dienone is 1. The van der Waals surface area contributed by atoms with Gasteiger partial charge in [-0.15, -0.1) is 0 Å². The van der Waals surface area contributed by atoms with Gasteiger partial charge in [-0.25, -0.2) is 20.2 Å². The van der Waals surface area contributed by atoms with Gasteiger partial charge in [-0.05, 0) is 30.2 Å². The van der Waals surface area contributed by atoms with Crippen LogP contribution < -0.4 is 31.7 Å². The number of hydrazine groups is 1. The van der Waals surface area contributed by atoms with E-state index in [2.05, 4.69) is 20.6 Å². The number of rotatable bonds is 9. The number of benzene rings is 2. The van der Waals surface area contributed by atoms with Crippen molar-refractivity contribution in [1.82, 2.24) is 15.0 Å². The van der Waals surface area contributed by atoms with Crippen molar-refractivity contribution in [3.05, 3.63) is 54.4 Å². The summed E-state index contributed by atoms with van der Waals surface area (Å²) in [4.78, 5) is 20.5. The van der Waals surface area contributed by atoms with E-state index < -0.39 is 5.82 Å². The highest BCUT2D eigenvalue weighted by Gasteiger charge is 2.19. The maximum Gasteiger partial charge on any atom is 0.245 e.